The SMILES string of the molecule is CN(C)CCCNS(=O)(=O)c1ccc(CCCN)cc1. The van der Waals surface area contributed by atoms with Crippen molar-refractivity contribution in [3.63, 3.8) is 0 Å². The van der Waals surface area contributed by atoms with Crippen LogP contribution in [0.25, 0.3) is 0 Å². The molecule has 0 saturated carbocycles. The van der Waals surface area contributed by atoms with Crippen molar-refractivity contribution in [3.05, 3.63) is 29.8 Å². The molecule has 6 heteroatoms. The summed E-state index contributed by atoms with van der Waals surface area (Å²) < 4.78 is 26.7. The number of benzene rings is 1. The molecule has 5 nitrogen and oxygen atoms in total. The standard InChI is InChI=1S/C14H25N3O2S/c1-17(2)12-4-11-16-20(18,19)14-8-6-13(7-9-14)5-3-10-15/h6-9,16H,3-5,10-12,15H2,1-2H3. The van der Waals surface area contributed by atoms with E-state index in [1.165, 1.54) is 0 Å². The van der Waals surface area contributed by atoms with E-state index in [1.807, 2.05) is 31.1 Å². The fraction of sp³-hybridized carbons (Fsp3) is 0.571. The molecule has 114 valence electrons. The molecule has 20 heavy (non-hydrogen) atoms. The highest BCUT2D eigenvalue weighted by Crippen LogP contribution is 2.11. The molecule has 0 fully saturated rings. The van der Waals surface area contributed by atoms with E-state index in [2.05, 4.69) is 4.72 Å². The van der Waals surface area contributed by atoms with Crippen molar-refractivity contribution in [1.29, 1.82) is 0 Å². The molecule has 0 radical (unpaired) electrons. The van der Waals surface area contributed by atoms with E-state index >= 15 is 0 Å². The predicted octanol–water partition coefficient (Wildman–Crippen LogP) is 0.808. The Morgan fingerprint density at radius 1 is 1.15 bits per heavy atom. The second-order valence-corrected chi connectivity index (χ2v) is 6.86. The summed E-state index contributed by atoms with van der Waals surface area (Å²) in [6, 6.07) is 7.01. The van der Waals surface area contributed by atoms with E-state index in [-0.39, 0.29) is 0 Å². The second-order valence-electron chi connectivity index (χ2n) is 5.09. The molecule has 0 saturated heterocycles. The van der Waals surface area contributed by atoms with Gasteiger partial charge in [0.2, 0.25) is 10.0 Å². The van der Waals surface area contributed by atoms with Crippen LogP contribution in [-0.2, 0) is 16.4 Å². The number of nitrogens with zero attached hydrogens (tertiary/aromatic N) is 1. The van der Waals surface area contributed by atoms with Crippen LogP contribution >= 0.6 is 0 Å². The molecule has 0 unspecified atom stereocenters. The lowest BCUT2D eigenvalue weighted by molar-refractivity contribution is 0.400. The first-order chi connectivity index (χ1) is 9.45. The zero-order valence-electron chi connectivity index (χ0n) is 12.3. The van der Waals surface area contributed by atoms with Crippen molar-refractivity contribution in [3.8, 4) is 0 Å². The Morgan fingerprint density at radius 3 is 2.35 bits per heavy atom. The molecule has 0 aliphatic heterocycles. The highest BCUT2D eigenvalue weighted by atomic mass is 32.2. The summed E-state index contributed by atoms with van der Waals surface area (Å²) in [6.45, 7) is 1.96. The van der Waals surface area contributed by atoms with Crippen molar-refractivity contribution in [1.82, 2.24) is 9.62 Å². The molecule has 1 rings (SSSR count). The largest absolute Gasteiger partial charge is 0.330 e. The predicted molar refractivity (Wildman–Crippen MR) is 82.2 cm³/mol. The quantitative estimate of drug-likeness (QED) is 0.662. The fourth-order valence-electron chi connectivity index (χ4n) is 1.83. The highest BCUT2D eigenvalue weighted by Gasteiger charge is 2.12. The van der Waals surface area contributed by atoms with Gasteiger partial charge in [-0.25, -0.2) is 13.1 Å². The summed E-state index contributed by atoms with van der Waals surface area (Å²) in [4.78, 5) is 2.35. The number of aryl methyl sites for hydroxylation is 1. The Kier molecular flexibility index (Phi) is 7.15. The maximum absolute atomic E-state index is 12.1. The molecule has 0 amide bonds. The molecule has 0 aliphatic carbocycles. The minimum Gasteiger partial charge on any atom is -0.330 e. The van der Waals surface area contributed by atoms with Crippen LogP contribution in [0.1, 0.15) is 18.4 Å². The lowest BCUT2D eigenvalue weighted by Crippen LogP contribution is -2.27. The van der Waals surface area contributed by atoms with Gasteiger partial charge in [0.05, 0.1) is 4.90 Å². The first-order valence-corrected chi connectivity index (χ1v) is 8.37. The van der Waals surface area contributed by atoms with Gasteiger partial charge in [-0.2, -0.15) is 0 Å². The summed E-state index contributed by atoms with van der Waals surface area (Å²) >= 11 is 0. The number of nitrogens with two attached hydrogens (primary N) is 1. The van der Waals surface area contributed by atoms with Crippen LogP contribution in [0.15, 0.2) is 29.2 Å². The number of hydrogen-bond donors (Lipinski definition) is 2. The average Bonchev–Trinajstić information content (AvgIpc) is 2.42. The summed E-state index contributed by atoms with van der Waals surface area (Å²) in [6.07, 6.45) is 2.59. The van der Waals surface area contributed by atoms with Crippen LogP contribution in [0.2, 0.25) is 0 Å². The van der Waals surface area contributed by atoms with E-state index in [4.69, 9.17) is 5.73 Å². The third-order valence-corrected chi connectivity index (χ3v) is 4.45. The van der Waals surface area contributed by atoms with Crippen LogP contribution < -0.4 is 10.5 Å². The van der Waals surface area contributed by atoms with Crippen molar-refractivity contribution in [2.24, 2.45) is 5.73 Å². The topological polar surface area (TPSA) is 75.4 Å². The third kappa shape index (κ3) is 6.00. The molecular weight excluding hydrogens is 274 g/mol. The summed E-state index contributed by atoms with van der Waals surface area (Å²) in [5.41, 5.74) is 6.57. The summed E-state index contributed by atoms with van der Waals surface area (Å²) in [5.74, 6) is 0. The molecule has 0 heterocycles. The molecule has 0 aliphatic rings. The summed E-state index contributed by atoms with van der Waals surface area (Å²) in [7, 11) is 0.545. The van der Waals surface area contributed by atoms with E-state index < -0.39 is 10.0 Å². The molecule has 1 aromatic carbocycles. The van der Waals surface area contributed by atoms with Crippen LogP contribution in [0.5, 0.6) is 0 Å². The lowest BCUT2D eigenvalue weighted by Gasteiger charge is -2.10. The van der Waals surface area contributed by atoms with Gasteiger partial charge < -0.3 is 10.6 Å². The van der Waals surface area contributed by atoms with Gasteiger partial charge in [0.1, 0.15) is 0 Å². The van der Waals surface area contributed by atoms with E-state index in [0.29, 0.717) is 18.0 Å². The minimum atomic E-state index is -3.39. The van der Waals surface area contributed by atoms with Gasteiger partial charge in [-0.3, -0.25) is 0 Å². The van der Waals surface area contributed by atoms with Crippen LogP contribution in [0, 0.1) is 0 Å². The molecule has 0 spiro atoms. The van der Waals surface area contributed by atoms with Gasteiger partial charge in [0.25, 0.3) is 0 Å². The van der Waals surface area contributed by atoms with Crippen molar-refractivity contribution in [2.75, 3.05) is 33.7 Å². The van der Waals surface area contributed by atoms with Crippen molar-refractivity contribution >= 4 is 10.0 Å². The van der Waals surface area contributed by atoms with Crippen LogP contribution in [0.4, 0.5) is 0 Å². The molecule has 0 atom stereocenters. The van der Waals surface area contributed by atoms with Gasteiger partial charge in [0.15, 0.2) is 0 Å². The Morgan fingerprint density at radius 2 is 1.80 bits per heavy atom. The average molecular weight is 299 g/mol. The fourth-order valence-corrected chi connectivity index (χ4v) is 2.90. The number of nitrogens with one attached hydrogen (secondary N) is 1. The molecule has 3 N–H and O–H groups in total. The Bertz CT molecular complexity index is 484. The van der Waals surface area contributed by atoms with E-state index in [1.54, 1.807) is 12.1 Å². The molecule has 0 aromatic heterocycles. The number of rotatable bonds is 9. The smallest absolute Gasteiger partial charge is 0.240 e. The molecule has 0 bridgehead atoms. The first kappa shape index (κ1) is 17.1. The maximum atomic E-state index is 12.1. The van der Waals surface area contributed by atoms with Crippen LogP contribution in [0.3, 0.4) is 0 Å². The van der Waals surface area contributed by atoms with Gasteiger partial charge >= 0.3 is 0 Å². The van der Waals surface area contributed by atoms with Gasteiger partial charge in [-0.1, -0.05) is 12.1 Å². The lowest BCUT2D eigenvalue weighted by atomic mass is 10.1. The number of hydrogen-bond acceptors (Lipinski definition) is 4. The first-order valence-electron chi connectivity index (χ1n) is 6.89. The summed E-state index contributed by atoms with van der Waals surface area (Å²) in [5, 5.41) is 0. The van der Waals surface area contributed by atoms with Gasteiger partial charge in [-0.15, -0.1) is 0 Å². The van der Waals surface area contributed by atoms with Gasteiger partial charge in [-0.05, 0) is 64.1 Å². The van der Waals surface area contributed by atoms with Crippen molar-refractivity contribution in [2.45, 2.75) is 24.2 Å². The third-order valence-electron chi connectivity index (χ3n) is 2.98. The highest BCUT2D eigenvalue weighted by molar-refractivity contribution is 7.89. The number of sulfonamides is 1. The Labute approximate surface area is 122 Å². The Hall–Kier alpha value is -0.950. The maximum Gasteiger partial charge on any atom is 0.240 e. The van der Waals surface area contributed by atoms with Gasteiger partial charge in [0, 0.05) is 6.54 Å². The molecular formula is C14H25N3O2S. The monoisotopic (exact) mass is 299 g/mol. The minimum absolute atomic E-state index is 0.318. The Balaban J connectivity index is 2.54. The van der Waals surface area contributed by atoms with Crippen LogP contribution in [-0.4, -0.2) is 47.0 Å². The van der Waals surface area contributed by atoms with E-state index in [0.717, 1.165) is 31.4 Å². The molecule has 1 aromatic rings. The van der Waals surface area contributed by atoms with E-state index in [9.17, 15) is 8.42 Å². The zero-order chi connectivity index (χ0) is 15.0. The zero-order valence-corrected chi connectivity index (χ0v) is 13.1. The second kappa shape index (κ2) is 8.36. The normalized spacial score (nSPS) is 12.0. The van der Waals surface area contributed by atoms with Crippen molar-refractivity contribution < 1.29 is 8.42 Å².